The Labute approximate surface area is 161 Å². The van der Waals surface area contributed by atoms with Crippen molar-refractivity contribution in [1.82, 2.24) is 10.3 Å². The highest BCUT2D eigenvalue weighted by molar-refractivity contribution is 6.34. The Morgan fingerprint density at radius 2 is 1.64 bits per heavy atom. The average Bonchev–Trinajstić information content (AvgIpc) is 2.99. The number of aromatic nitrogens is 1. The Bertz CT molecular complexity index is 1050. The van der Waals surface area contributed by atoms with Crippen LogP contribution < -0.4 is 10.2 Å². The van der Waals surface area contributed by atoms with Crippen LogP contribution in [0.5, 0.6) is 0 Å². The van der Waals surface area contributed by atoms with Crippen molar-refractivity contribution >= 4 is 23.5 Å². The van der Waals surface area contributed by atoms with Crippen LogP contribution in [0.4, 0.5) is 5.82 Å². The van der Waals surface area contributed by atoms with Gasteiger partial charge < -0.3 is 5.32 Å². The van der Waals surface area contributed by atoms with Gasteiger partial charge in [0.1, 0.15) is 5.82 Å². The summed E-state index contributed by atoms with van der Waals surface area (Å²) in [6, 6.07) is 19.4. The van der Waals surface area contributed by atoms with E-state index in [1.807, 2.05) is 30.3 Å². The minimum Gasteiger partial charge on any atom is -0.352 e. The molecule has 0 atom stereocenters. The normalized spacial score (nSPS) is 12.8. The number of anilines is 1. The first-order valence-corrected chi connectivity index (χ1v) is 8.91. The van der Waals surface area contributed by atoms with Gasteiger partial charge >= 0.3 is 0 Å². The van der Waals surface area contributed by atoms with E-state index < -0.39 is 11.8 Å². The maximum atomic E-state index is 12.7. The lowest BCUT2D eigenvalue weighted by Gasteiger charge is -2.11. The van der Waals surface area contributed by atoms with Gasteiger partial charge in [-0.2, -0.15) is 0 Å². The van der Waals surface area contributed by atoms with E-state index in [4.69, 9.17) is 0 Å². The van der Waals surface area contributed by atoms with E-state index in [9.17, 15) is 14.4 Å². The van der Waals surface area contributed by atoms with Crippen molar-refractivity contribution in [2.45, 2.75) is 6.42 Å². The van der Waals surface area contributed by atoms with Gasteiger partial charge in [0.15, 0.2) is 0 Å². The van der Waals surface area contributed by atoms with Crippen molar-refractivity contribution in [3.05, 3.63) is 95.2 Å². The molecule has 0 saturated carbocycles. The highest BCUT2D eigenvalue weighted by Crippen LogP contribution is 2.27. The van der Waals surface area contributed by atoms with Crippen LogP contribution in [-0.4, -0.2) is 29.3 Å². The first kappa shape index (κ1) is 17.6. The van der Waals surface area contributed by atoms with E-state index in [0.29, 0.717) is 18.5 Å². The summed E-state index contributed by atoms with van der Waals surface area (Å²) >= 11 is 0. The van der Waals surface area contributed by atoms with Crippen LogP contribution in [0.3, 0.4) is 0 Å². The number of hydrogen-bond acceptors (Lipinski definition) is 4. The molecule has 1 aliphatic heterocycles. The summed E-state index contributed by atoms with van der Waals surface area (Å²) < 4.78 is 0. The van der Waals surface area contributed by atoms with Crippen LogP contribution in [0.25, 0.3) is 0 Å². The van der Waals surface area contributed by atoms with E-state index in [-0.39, 0.29) is 22.9 Å². The second kappa shape index (κ2) is 7.44. The summed E-state index contributed by atoms with van der Waals surface area (Å²) in [5.41, 5.74) is 1.96. The summed E-state index contributed by atoms with van der Waals surface area (Å²) in [7, 11) is 0. The fourth-order valence-corrected chi connectivity index (χ4v) is 3.14. The fraction of sp³-hybridized carbons (Fsp3) is 0.0909. The second-order valence-electron chi connectivity index (χ2n) is 6.39. The second-order valence-corrected chi connectivity index (χ2v) is 6.39. The predicted octanol–water partition coefficient (Wildman–Crippen LogP) is 2.85. The van der Waals surface area contributed by atoms with Gasteiger partial charge in [-0.25, -0.2) is 9.88 Å². The van der Waals surface area contributed by atoms with Gasteiger partial charge in [-0.15, -0.1) is 0 Å². The van der Waals surface area contributed by atoms with Crippen LogP contribution in [-0.2, 0) is 6.42 Å². The zero-order valence-electron chi connectivity index (χ0n) is 15.0. The Hall–Kier alpha value is -3.80. The number of imide groups is 1. The number of benzene rings is 2. The molecular weight excluding hydrogens is 354 g/mol. The zero-order valence-corrected chi connectivity index (χ0v) is 15.0. The molecule has 1 aliphatic rings. The molecule has 2 aromatic carbocycles. The molecule has 0 spiro atoms. The molecule has 28 heavy (non-hydrogen) atoms. The molecule has 0 unspecified atom stereocenters. The third kappa shape index (κ3) is 3.27. The SMILES string of the molecule is O=C(NCCc1ccccc1)c1ccc2c(c1)C(=O)N(c1ccccn1)C2=O. The van der Waals surface area contributed by atoms with Gasteiger partial charge in [0, 0.05) is 18.3 Å². The molecular formula is C22H17N3O3. The molecule has 6 heteroatoms. The molecule has 2 heterocycles. The molecule has 138 valence electrons. The highest BCUT2D eigenvalue weighted by atomic mass is 16.2. The third-order valence-corrected chi connectivity index (χ3v) is 4.57. The lowest BCUT2D eigenvalue weighted by atomic mass is 10.1. The summed E-state index contributed by atoms with van der Waals surface area (Å²) in [6.45, 7) is 0.479. The minimum atomic E-state index is -0.474. The largest absolute Gasteiger partial charge is 0.352 e. The number of nitrogens with one attached hydrogen (secondary N) is 1. The maximum Gasteiger partial charge on any atom is 0.267 e. The molecule has 3 amide bonds. The van der Waals surface area contributed by atoms with Crippen LogP contribution in [0.15, 0.2) is 72.9 Å². The maximum absolute atomic E-state index is 12.7. The Balaban J connectivity index is 1.49. The monoisotopic (exact) mass is 371 g/mol. The molecule has 0 saturated heterocycles. The number of carbonyl (C=O) groups excluding carboxylic acids is 3. The first-order chi connectivity index (χ1) is 13.6. The first-order valence-electron chi connectivity index (χ1n) is 8.91. The van der Waals surface area contributed by atoms with Crippen molar-refractivity contribution < 1.29 is 14.4 Å². The van der Waals surface area contributed by atoms with Gasteiger partial charge in [-0.1, -0.05) is 36.4 Å². The molecule has 3 aromatic rings. The van der Waals surface area contributed by atoms with Gasteiger partial charge in [-0.3, -0.25) is 14.4 Å². The number of hydrogen-bond donors (Lipinski definition) is 1. The molecule has 6 nitrogen and oxygen atoms in total. The fourth-order valence-electron chi connectivity index (χ4n) is 3.14. The van der Waals surface area contributed by atoms with E-state index in [1.165, 1.54) is 18.3 Å². The topological polar surface area (TPSA) is 79.4 Å². The number of pyridine rings is 1. The molecule has 0 radical (unpaired) electrons. The van der Waals surface area contributed by atoms with Crippen molar-refractivity contribution in [2.75, 3.05) is 11.4 Å². The lowest BCUT2D eigenvalue weighted by molar-refractivity contribution is 0.0922. The van der Waals surface area contributed by atoms with Crippen LogP contribution in [0.1, 0.15) is 36.6 Å². The highest BCUT2D eigenvalue weighted by Gasteiger charge is 2.37. The van der Waals surface area contributed by atoms with Gasteiger partial charge in [0.25, 0.3) is 17.7 Å². The summed E-state index contributed by atoms with van der Waals surface area (Å²) in [5, 5.41) is 2.85. The Morgan fingerprint density at radius 1 is 0.893 bits per heavy atom. The van der Waals surface area contributed by atoms with E-state index in [2.05, 4.69) is 10.3 Å². The number of rotatable bonds is 5. The summed E-state index contributed by atoms with van der Waals surface area (Å²) in [6.07, 6.45) is 2.23. The number of nitrogens with zero attached hydrogens (tertiary/aromatic N) is 2. The lowest BCUT2D eigenvalue weighted by Crippen LogP contribution is -2.30. The summed E-state index contributed by atoms with van der Waals surface area (Å²) in [5.74, 6) is -0.926. The van der Waals surface area contributed by atoms with Crippen LogP contribution in [0.2, 0.25) is 0 Å². The van der Waals surface area contributed by atoms with Gasteiger partial charge in [-0.05, 0) is 42.3 Å². The van der Waals surface area contributed by atoms with E-state index in [1.54, 1.807) is 24.3 Å². The van der Waals surface area contributed by atoms with Crippen molar-refractivity contribution in [3.8, 4) is 0 Å². The third-order valence-electron chi connectivity index (χ3n) is 4.57. The summed E-state index contributed by atoms with van der Waals surface area (Å²) in [4.78, 5) is 42.8. The number of carbonyl (C=O) groups is 3. The van der Waals surface area contributed by atoms with E-state index >= 15 is 0 Å². The molecule has 0 fully saturated rings. The zero-order chi connectivity index (χ0) is 19.5. The molecule has 4 rings (SSSR count). The minimum absolute atomic E-state index is 0.214. The van der Waals surface area contributed by atoms with Crippen LogP contribution in [0, 0.1) is 0 Å². The molecule has 0 aliphatic carbocycles. The van der Waals surface area contributed by atoms with Crippen LogP contribution >= 0.6 is 0 Å². The predicted molar refractivity (Wildman–Crippen MR) is 104 cm³/mol. The quantitative estimate of drug-likeness (QED) is 0.700. The van der Waals surface area contributed by atoms with Crippen molar-refractivity contribution in [1.29, 1.82) is 0 Å². The standard InChI is InChI=1S/C22H17N3O3/c26-20(24-13-11-15-6-2-1-3-7-15)16-9-10-17-18(14-16)22(28)25(21(17)27)19-8-4-5-12-23-19/h1-10,12,14H,11,13H2,(H,24,26). The number of amides is 3. The Morgan fingerprint density at radius 3 is 2.39 bits per heavy atom. The smallest absolute Gasteiger partial charge is 0.267 e. The van der Waals surface area contributed by atoms with Gasteiger partial charge in [0.2, 0.25) is 0 Å². The van der Waals surface area contributed by atoms with Crippen molar-refractivity contribution in [3.63, 3.8) is 0 Å². The number of fused-ring (bicyclic) bond motifs is 1. The van der Waals surface area contributed by atoms with E-state index in [0.717, 1.165) is 10.5 Å². The Kier molecular flexibility index (Phi) is 4.68. The molecule has 0 bridgehead atoms. The van der Waals surface area contributed by atoms with Gasteiger partial charge in [0.05, 0.1) is 11.1 Å². The van der Waals surface area contributed by atoms with Crippen molar-refractivity contribution in [2.24, 2.45) is 0 Å². The average molecular weight is 371 g/mol. The molecule has 1 N–H and O–H groups in total. The molecule has 1 aromatic heterocycles.